The molecule has 4 rings (SSSR count). The topological polar surface area (TPSA) is 49.4 Å². The van der Waals surface area contributed by atoms with Crippen LogP contribution in [0.3, 0.4) is 0 Å². The molecule has 4 nitrogen and oxygen atoms in total. The van der Waals surface area contributed by atoms with Crippen LogP contribution in [0.2, 0.25) is 0 Å². The monoisotopic (exact) mass is 392 g/mol. The Balaban J connectivity index is 1.68. The minimum Gasteiger partial charge on any atom is -0.322 e. The van der Waals surface area contributed by atoms with E-state index in [0.29, 0.717) is 11.3 Å². The van der Waals surface area contributed by atoms with Crippen molar-refractivity contribution in [2.45, 2.75) is 5.37 Å². The normalized spacial score (nSPS) is 16.2. The number of nitrogens with one attached hydrogen (secondary N) is 1. The van der Waals surface area contributed by atoms with Crippen molar-refractivity contribution in [1.82, 2.24) is 0 Å². The summed E-state index contributed by atoms with van der Waals surface area (Å²) in [5.41, 5.74) is 2.14. The highest BCUT2D eigenvalue weighted by molar-refractivity contribution is 8.00. The van der Waals surface area contributed by atoms with Crippen LogP contribution in [0, 0.1) is 5.82 Å². The van der Waals surface area contributed by atoms with Crippen molar-refractivity contribution in [1.29, 1.82) is 0 Å². The lowest BCUT2D eigenvalue weighted by Crippen LogP contribution is -2.29. The second kappa shape index (κ2) is 7.86. The second-order valence-corrected chi connectivity index (χ2v) is 7.35. The predicted molar refractivity (Wildman–Crippen MR) is 110 cm³/mol. The predicted octanol–water partition coefficient (Wildman–Crippen LogP) is 4.86. The van der Waals surface area contributed by atoms with E-state index in [9.17, 15) is 14.0 Å². The van der Waals surface area contributed by atoms with Crippen LogP contribution >= 0.6 is 11.8 Å². The molecule has 1 fully saturated rings. The Morgan fingerprint density at radius 3 is 2.43 bits per heavy atom. The van der Waals surface area contributed by atoms with Gasteiger partial charge in [-0.2, -0.15) is 0 Å². The Bertz CT molecular complexity index is 1030. The highest BCUT2D eigenvalue weighted by Crippen LogP contribution is 2.44. The number of carbonyl (C=O) groups is 2. The average Bonchev–Trinajstić information content (AvgIpc) is 3.10. The van der Waals surface area contributed by atoms with Crippen molar-refractivity contribution in [2.75, 3.05) is 16.0 Å². The summed E-state index contributed by atoms with van der Waals surface area (Å²) in [5.74, 6) is -0.599. The number of nitrogens with zero attached hydrogens (tertiary/aromatic N) is 1. The zero-order valence-corrected chi connectivity index (χ0v) is 15.7. The summed E-state index contributed by atoms with van der Waals surface area (Å²) < 4.78 is 14.4. The second-order valence-electron chi connectivity index (χ2n) is 6.29. The molecule has 1 atom stereocenters. The van der Waals surface area contributed by atoms with Gasteiger partial charge in [0.05, 0.1) is 11.4 Å². The number of amides is 2. The molecule has 0 saturated carbocycles. The maximum Gasteiger partial charge on any atom is 0.255 e. The van der Waals surface area contributed by atoms with Gasteiger partial charge in [0.15, 0.2) is 0 Å². The molecule has 1 saturated heterocycles. The molecule has 0 bridgehead atoms. The summed E-state index contributed by atoms with van der Waals surface area (Å²) in [7, 11) is 0. The largest absolute Gasteiger partial charge is 0.322 e. The van der Waals surface area contributed by atoms with Gasteiger partial charge in [0.1, 0.15) is 11.2 Å². The SMILES string of the molecule is O=C(Nc1ccccc1[C@H]1SCC(=O)N1c1ccccc1F)c1ccccc1. The van der Waals surface area contributed by atoms with Crippen molar-refractivity contribution in [3.8, 4) is 0 Å². The third-order valence-electron chi connectivity index (χ3n) is 4.49. The summed E-state index contributed by atoms with van der Waals surface area (Å²) in [6.07, 6.45) is 0. The molecule has 0 aromatic heterocycles. The molecule has 3 aromatic rings. The van der Waals surface area contributed by atoms with Crippen LogP contribution in [0.15, 0.2) is 78.9 Å². The fourth-order valence-electron chi connectivity index (χ4n) is 3.17. The van der Waals surface area contributed by atoms with Gasteiger partial charge >= 0.3 is 0 Å². The van der Waals surface area contributed by atoms with Crippen molar-refractivity contribution in [2.24, 2.45) is 0 Å². The Morgan fingerprint density at radius 1 is 0.964 bits per heavy atom. The van der Waals surface area contributed by atoms with E-state index in [2.05, 4.69) is 5.32 Å². The molecule has 0 unspecified atom stereocenters. The maximum atomic E-state index is 14.4. The minimum absolute atomic E-state index is 0.163. The van der Waals surface area contributed by atoms with Crippen LogP contribution in [0.5, 0.6) is 0 Å². The van der Waals surface area contributed by atoms with Crippen molar-refractivity contribution in [3.63, 3.8) is 0 Å². The van der Waals surface area contributed by atoms with Crippen LogP contribution < -0.4 is 10.2 Å². The molecule has 0 aliphatic carbocycles. The number of carbonyl (C=O) groups excluding carboxylic acids is 2. The molecule has 6 heteroatoms. The van der Waals surface area contributed by atoms with Crippen molar-refractivity contribution < 1.29 is 14.0 Å². The van der Waals surface area contributed by atoms with Gasteiger partial charge in [-0.25, -0.2) is 4.39 Å². The number of hydrogen-bond donors (Lipinski definition) is 1. The smallest absolute Gasteiger partial charge is 0.255 e. The van der Waals surface area contributed by atoms with Crippen molar-refractivity contribution in [3.05, 3.63) is 95.8 Å². The van der Waals surface area contributed by atoms with Crippen LogP contribution in [0.25, 0.3) is 0 Å². The molecule has 1 aliphatic heterocycles. The van der Waals surface area contributed by atoms with Gasteiger partial charge in [-0.05, 0) is 30.3 Å². The van der Waals surface area contributed by atoms with Crippen LogP contribution in [0.4, 0.5) is 15.8 Å². The molecule has 0 radical (unpaired) electrons. The van der Waals surface area contributed by atoms with Crippen LogP contribution in [0.1, 0.15) is 21.3 Å². The molecular weight excluding hydrogens is 375 g/mol. The number of halogens is 1. The Kier molecular flexibility index (Phi) is 5.12. The van der Waals surface area contributed by atoms with Crippen LogP contribution in [-0.2, 0) is 4.79 Å². The number of anilines is 2. The molecule has 3 aromatic carbocycles. The van der Waals surface area contributed by atoms with E-state index in [4.69, 9.17) is 0 Å². The van der Waals surface area contributed by atoms with Gasteiger partial charge in [0.25, 0.3) is 5.91 Å². The average molecular weight is 392 g/mol. The Labute approximate surface area is 166 Å². The number of benzene rings is 3. The van der Waals surface area contributed by atoms with E-state index in [-0.39, 0.29) is 23.3 Å². The summed E-state index contributed by atoms with van der Waals surface area (Å²) in [5, 5.41) is 2.50. The third kappa shape index (κ3) is 3.51. The first-order chi connectivity index (χ1) is 13.6. The molecular formula is C22H17FN2O2S. The zero-order valence-electron chi connectivity index (χ0n) is 14.8. The van der Waals surface area contributed by atoms with Gasteiger partial charge in [-0.3, -0.25) is 14.5 Å². The van der Waals surface area contributed by atoms with Gasteiger partial charge in [0.2, 0.25) is 5.91 Å². The molecule has 28 heavy (non-hydrogen) atoms. The van der Waals surface area contributed by atoms with E-state index in [0.717, 1.165) is 5.56 Å². The van der Waals surface area contributed by atoms with Gasteiger partial charge in [0, 0.05) is 16.8 Å². The van der Waals surface area contributed by atoms with Gasteiger partial charge in [-0.15, -0.1) is 11.8 Å². The number of para-hydroxylation sites is 2. The van der Waals surface area contributed by atoms with E-state index >= 15 is 0 Å². The lowest BCUT2D eigenvalue weighted by Gasteiger charge is -2.26. The fraction of sp³-hybridized carbons (Fsp3) is 0.0909. The standard InChI is InChI=1S/C22H17FN2O2S/c23-17-11-5-7-13-19(17)25-20(26)14-28-22(25)16-10-4-6-12-18(16)24-21(27)15-8-2-1-3-9-15/h1-13,22H,14H2,(H,24,27)/t22-/m1/s1. The number of hydrogen-bond acceptors (Lipinski definition) is 3. The molecule has 140 valence electrons. The zero-order chi connectivity index (χ0) is 19.5. The lowest BCUT2D eigenvalue weighted by molar-refractivity contribution is -0.115. The first-order valence-corrected chi connectivity index (χ1v) is 9.83. The molecule has 1 N–H and O–H groups in total. The molecule has 1 heterocycles. The van der Waals surface area contributed by atoms with E-state index in [1.165, 1.54) is 22.7 Å². The van der Waals surface area contributed by atoms with Crippen molar-refractivity contribution >= 4 is 35.0 Å². The Morgan fingerprint density at radius 2 is 1.64 bits per heavy atom. The summed E-state index contributed by atoms with van der Waals surface area (Å²) in [6, 6.07) is 22.4. The fourth-order valence-corrected chi connectivity index (χ4v) is 4.38. The molecule has 1 aliphatic rings. The lowest BCUT2D eigenvalue weighted by atomic mass is 10.1. The summed E-state index contributed by atoms with van der Waals surface area (Å²) >= 11 is 1.41. The third-order valence-corrected chi connectivity index (χ3v) is 5.68. The summed E-state index contributed by atoms with van der Waals surface area (Å²) in [6.45, 7) is 0. The van der Waals surface area contributed by atoms with Gasteiger partial charge in [-0.1, -0.05) is 48.5 Å². The first-order valence-electron chi connectivity index (χ1n) is 8.78. The summed E-state index contributed by atoms with van der Waals surface area (Å²) in [4.78, 5) is 26.6. The highest BCUT2D eigenvalue weighted by Gasteiger charge is 2.36. The molecule has 2 amide bonds. The molecule has 0 spiro atoms. The minimum atomic E-state index is -0.450. The highest BCUT2D eigenvalue weighted by atomic mass is 32.2. The van der Waals surface area contributed by atoms with E-state index < -0.39 is 11.2 Å². The first kappa shape index (κ1) is 18.3. The number of rotatable bonds is 4. The quantitative estimate of drug-likeness (QED) is 0.690. The van der Waals surface area contributed by atoms with E-state index in [1.807, 2.05) is 24.3 Å². The number of thioether (sulfide) groups is 1. The van der Waals surface area contributed by atoms with Crippen LogP contribution in [-0.4, -0.2) is 17.6 Å². The van der Waals surface area contributed by atoms with E-state index in [1.54, 1.807) is 48.5 Å². The van der Waals surface area contributed by atoms with Gasteiger partial charge < -0.3 is 5.32 Å². The Hall–Kier alpha value is -3.12. The maximum absolute atomic E-state index is 14.4.